The molecule has 1 N–H and O–H groups in total. The van der Waals surface area contributed by atoms with Gasteiger partial charge in [0.25, 0.3) is 0 Å². The molecule has 0 saturated heterocycles. The third-order valence-electron chi connectivity index (χ3n) is 7.02. The number of aryl methyl sites for hydroxylation is 1. The predicted molar refractivity (Wildman–Crippen MR) is 145 cm³/mol. The van der Waals surface area contributed by atoms with Gasteiger partial charge in [-0.15, -0.1) is 21.5 Å². The lowest BCUT2D eigenvalue weighted by atomic mass is 9.98. The van der Waals surface area contributed by atoms with Crippen molar-refractivity contribution in [1.29, 1.82) is 0 Å². The van der Waals surface area contributed by atoms with Crippen molar-refractivity contribution in [1.82, 2.24) is 19.7 Å². The number of aliphatic carboxylic acids is 1. The summed E-state index contributed by atoms with van der Waals surface area (Å²) in [6, 6.07) is 11.6. The molecule has 1 saturated carbocycles. The molecule has 3 heterocycles. The first-order valence-corrected chi connectivity index (χ1v) is 13.9. The monoisotopic (exact) mass is 566 g/mol. The Morgan fingerprint density at radius 1 is 1.15 bits per heavy atom. The van der Waals surface area contributed by atoms with Crippen LogP contribution in [-0.4, -0.2) is 45.0 Å². The lowest BCUT2D eigenvalue weighted by Crippen LogP contribution is -2.13. The van der Waals surface area contributed by atoms with E-state index in [4.69, 9.17) is 30.9 Å². The molecule has 2 unspecified atom stereocenters. The third-order valence-corrected chi connectivity index (χ3v) is 8.31. The Morgan fingerprint density at radius 3 is 2.72 bits per heavy atom. The number of fused-ring (bicyclic) bond motifs is 3. The number of rotatable bonds is 9. The summed E-state index contributed by atoms with van der Waals surface area (Å²) in [5.41, 5.74) is 2.63. The zero-order valence-electron chi connectivity index (χ0n) is 21.5. The highest BCUT2D eigenvalue weighted by atomic mass is 35.5. The quantitative estimate of drug-likeness (QED) is 0.275. The van der Waals surface area contributed by atoms with Gasteiger partial charge in [0, 0.05) is 39.6 Å². The molecule has 6 rings (SSSR count). The van der Waals surface area contributed by atoms with E-state index in [1.165, 1.54) is 11.3 Å². The Morgan fingerprint density at radius 2 is 1.97 bits per heavy atom. The van der Waals surface area contributed by atoms with Crippen molar-refractivity contribution < 1.29 is 24.1 Å². The largest absolute Gasteiger partial charge is 0.493 e. The fraction of sp³-hybridized carbons (Fsp3) is 0.357. The maximum absolute atomic E-state index is 11.1. The minimum absolute atomic E-state index is 0.0373. The van der Waals surface area contributed by atoms with Crippen molar-refractivity contribution in [2.75, 3.05) is 14.2 Å². The minimum atomic E-state index is -0.871. The Hall–Kier alpha value is -3.47. The second kappa shape index (κ2) is 10.6. The number of carbonyl (C=O) groups is 1. The lowest BCUT2D eigenvalue weighted by molar-refractivity contribution is -0.136. The van der Waals surface area contributed by atoms with E-state index in [2.05, 4.69) is 19.7 Å². The number of hydrogen-bond acceptors (Lipinski definition) is 8. The Kier molecular flexibility index (Phi) is 7.01. The maximum Gasteiger partial charge on any atom is 0.308 e. The van der Waals surface area contributed by atoms with Crippen LogP contribution < -0.4 is 9.47 Å². The van der Waals surface area contributed by atoms with Crippen molar-refractivity contribution in [3.05, 3.63) is 80.3 Å². The van der Waals surface area contributed by atoms with Crippen LogP contribution in [0.4, 0.5) is 0 Å². The third kappa shape index (κ3) is 4.99. The highest BCUT2D eigenvalue weighted by molar-refractivity contribution is 7.11. The summed E-state index contributed by atoms with van der Waals surface area (Å²) in [7, 11) is 3.23. The normalized spacial score (nSPS) is 18.2. The van der Waals surface area contributed by atoms with Gasteiger partial charge in [-0.2, -0.15) is 0 Å². The van der Waals surface area contributed by atoms with Gasteiger partial charge in [-0.25, -0.2) is 4.98 Å². The summed E-state index contributed by atoms with van der Waals surface area (Å²) >= 11 is 7.96. The van der Waals surface area contributed by atoms with Crippen LogP contribution in [0.5, 0.6) is 11.5 Å². The summed E-state index contributed by atoms with van der Waals surface area (Å²) in [6.07, 6.45) is 3.97. The van der Waals surface area contributed by atoms with Crippen LogP contribution in [0.25, 0.3) is 5.69 Å². The molecule has 11 heteroatoms. The first-order chi connectivity index (χ1) is 19.0. The zero-order valence-corrected chi connectivity index (χ0v) is 23.0. The van der Waals surface area contributed by atoms with Crippen LogP contribution in [0.15, 0.2) is 42.6 Å². The SMILES string of the molecule is COc1cccc(C2OC(CCc3ncc(CC(=O)O)s3)c3nnc(C4CC4)n3-c3ccc(Cl)cc32)c1OC. The molecule has 9 nitrogen and oxygen atoms in total. The molecular formula is C28H27ClN4O5S. The number of hydrogen-bond donors (Lipinski definition) is 1. The van der Waals surface area contributed by atoms with Crippen LogP contribution in [0.3, 0.4) is 0 Å². The topological polar surface area (TPSA) is 109 Å². The second-order valence-corrected chi connectivity index (χ2v) is 11.3. The van der Waals surface area contributed by atoms with Gasteiger partial charge in [-0.3, -0.25) is 9.36 Å². The number of para-hydroxylation sites is 1. The number of halogens is 1. The molecule has 2 atom stereocenters. The molecule has 1 aliphatic carbocycles. The van der Waals surface area contributed by atoms with Crippen molar-refractivity contribution in [2.45, 2.75) is 50.2 Å². The molecule has 2 aliphatic rings. The molecule has 0 radical (unpaired) electrons. The van der Waals surface area contributed by atoms with Gasteiger partial charge in [0.05, 0.1) is 31.3 Å². The first kappa shape index (κ1) is 25.8. The highest BCUT2D eigenvalue weighted by Gasteiger charge is 2.38. The van der Waals surface area contributed by atoms with E-state index < -0.39 is 18.2 Å². The minimum Gasteiger partial charge on any atom is -0.493 e. The van der Waals surface area contributed by atoms with E-state index in [1.807, 2.05) is 36.4 Å². The zero-order chi connectivity index (χ0) is 27.1. The van der Waals surface area contributed by atoms with Gasteiger partial charge in [-0.1, -0.05) is 23.7 Å². The van der Waals surface area contributed by atoms with E-state index in [0.717, 1.165) is 51.2 Å². The van der Waals surface area contributed by atoms with Crippen molar-refractivity contribution in [3.8, 4) is 17.2 Å². The highest BCUT2D eigenvalue weighted by Crippen LogP contribution is 2.48. The number of methoxy groups -OCH3 is 2. The summed E-state index contributed by atoms with van der Waals surface area (Å²) in [5, 5.41) is 19.8. The van der Waals surface area contributed by atoms with Gasteiger partial charge in [0.15, 0.2) is 17.3 Å². The van der Waals surface area contributed by atoms with E-state index in [-0.39, 0.29) is 6.42 Å². The van der Waals surface area contributed by atoms with Gasteiger partial charge < -0.3 is 19.3 Å². The van der Waals surface area contributed by atoms with Gasteiger partial charge >= 0.3 is 5.97 Å². The number of benzene rings is 2. The number of carboxylic acid groups (broad SMARTS) is 1. The second-order valence-electron chi connectivity index (χ2n) is 9.65. The number of nitrogens with zero attached hydrogens (tertiary/aromatic N) is 4. The van der Waals surface area contributed by atoms with Crippen LogP contribution >= 0.6 is 22.9 Å². The molecule has 0 amide bonds. The van der Waals surface area contributed by atoms with Gasteiger partial charge in [0.1, 0.15) is 18.0 Å². The fourth-order valence-electron chi connectivity index (χ4n) is 5.11. The average Bonchev–Trinajstić information content (AvgIpc) is 3.56. The van der Waals surface area contributed by atoms with Gasteiger partial charge in [-0.05, 0) is 43.5 Å². The molecule has 1 aliphatic heterocycles. The van der Waals surface area contributed by atoms with Crippen LogP contribution in [0.2, 0.25) is 5.02 Å². The average molecular weight is 567 g/mol. The van der Waals surface area contributed by atoms with E-state index in [0.29, 0.717) is 35.3 Å². The number of carboxylic acids is 1. The predicted octanol–water partition coefficient (Wildman–Crippen LogP) is 5.69. The molecule has 202 valence electrons. The molecule has 39 heavy (non-hydrogen) atoms. The molecule has 2 aromatic carbocycles. The van der Waals surface area contributed by atoms with Crippen molar-refractivity contribution >= 4 is 28.9 Å². The molecule has 1 fully saturated rings. The molecular weight excluding hydrogens is 540 g/mol. The van der Waals surface area contributed by atoms with Crippen molar-refractivity contribution in [3.63, 3.8) is 0 Å². The summed E-state index contributed by atoms with van der Waals surface area (Å²) in [5.74, 6) is 2.34. The molecule has 0 bridgehead atoms. The standard InChI is InChI=1S/C28H27ClN4O5S/c1-36-21-5-3-4-18(26(21)37-2)25-19-12-16(29)8-9-20(19)33-27(15-6-7-15)31-32-28(33)22(38-25)10-11-23-30-14-17(39-23)13-24(34)35/h3-5,8-9,12,14-15,22,25H,6-7,10-11,13H2,1-2H3,(H,34,35). The Labute approximate surface area is 234 Å². The lowest BCUT2D eigenvalue weighted by Gasteiger charge is -2.25. The summed E-state index contributed by atoms with van der Waals surface area (Å²) in [6.45, 7) is 0. The molecule has 2 aromatic heterocycles. The van der Waals surface area contributed by atoms with Crippen LogP contribution in [-0.2, 0) is 22.4 Å². The first-order valence-electron chi connectivity index (χ1n) is 12.7. The summed E-state index contributed by atoms with van der Waals surface area (Å²) < 4.78 is 20.5. The molecule has 0 spiro atoms. The van der Waals surface area contributed by atoms with Crippen LogP contribution in [0.1, 0.15) is 70.0 Å². The van der Waals surface area contributed by atoms with E-state index in [9.17, 15) is 4.79 Å². The number of ether oxygens (including phenoxy) is 3. The van der Waals surface area contributed by atoms with Crippen molar-refractivity contribution in [2.24, 2.45) is 0 Å². The van der Waals surface area contributed by atoms with Gasteiger partial charge in [0.2, 0.25) is 0 Å². The Balaban J connectivity index is 1.45. The van der Waals surface area contributed by atoms with E-state index in [1.54, 1.807) is 20.4 Å². The van der Waals surface area contributed by atoms with Crippen LogP contribution in [0, 0.1) is 0 Å². The summed E-state index contributed by atoms with van der Waals surface area (Å²) in [4.78, 5) is 16.3. The maximum atomic E-state index is 11.1. The number of thiazole rings is 1. The fourth-order valence-corrected chi connectivity index (χ4v) is 6.22. The number of aromatic nitrogens is 4. The smallest absolute Gasteiger partial charge is 0.308 e. The Bertz CT molecular complexity index is 1530. The van der Waals surface area contributed by atoms with E-state index >= 15 is 0 Å². The molecule has 4 aromatic rings.